The summed E-state index contributed by atoms with van der Waals surface area (Å²) in [4.78, 5) is 18.1. The van der Waals surface area contributed by atoms with Gasteiger partial charge in [0.05, 0.1) is 23.4 Å². The Hall–Kier alpha value is -3.54. The summed E-state index contributed by atoms with van der Waals surface area (Å²) in [7, 11) is 0. The van der Waals surface area contributed by atoms with Crippen LogP contribution in [0, 0.1) is 6.92 Å². The van der Waals surface area contributed by atoms with Gasteiger partial charge >= 0.3 is 6.01 Å². The monoisotopic (exact) mass is 425 g/mol. The second-order valence-corrected chi connectivity index (χ2v) is 8.38. The standard InChI is InChI=1S/C26H27N5O/c1-19-9-11-21(12-10-19)24-25(31(18-29-24)22-7-3-2-4-8-22)23-13-15-28-26(30-23)32-17-20-6-5-14-27-16-20/h5-6,9-16,18,22H,2-4,7-8,17H2,1H3. The fourth-order valence-electron chi connectivity index (χ4n) is 4.35. The number of hydrogen-bond acceptors (Lipinski definition) is 5. The zero-order valence-corrected chi connectivity index (χ0v) is 18.3. The molecule has 1 aliphatic rings. The summed E-state index contributed by atoms with van der Waals surface area (Å²) < 4.78 is 8.21. The van der Waals surface area contributed by atoms with E-state index in [1.54, 1.807) is 18.6 Å². The Morgan fingerprint density at radius 2 is 1.81 bits per heavy atom. The molecule has 1 saturated carbocycles. The van der Waals surface area contributed by atoms with Gasteiger partial charge in [0.15, 0.2) is 0 Å². The minimum absolute atomic E-state index is 0.359. The molecule has 0 amide bonds. The molecule has 6 nitrogen and oxygen atoms in total. The van der Waals surface area contributed by atoms with Crippen LogP contribution < -0.4 is 4.74 Å². The third-order valence-electron chi connectivity index (χ3n) is 6.05. The number of aromatic nitrogens is 5. The summed E-state index contributed by atoms with van der Waals surface area (Å²) in [6, 6.07) is 15.1. The van der Waals surface area contributed by atoms with Crippen LogP contribution in [0.2, 0.25) is 0 Å². The van der Waals surface area contributed by atoms with E-state index in [4.69, 9.17) is 14.7 Å². The zero-order valence-electron chi connectivity index (χ0n) is 18.3. The molecule has 162 valence electrons. The molecule has 0 radical (unpaired) electrons. The summed E-state index contributed by atoms with van der Waals surface area (Å²) in [5.41, 5.74) is 6.13. The Bertz CT molecular complexity index is 1160. The van der Waals surface area contributed by atoms with Crippen LogP contribution in [0.15, 0.2) is 67.4 Å². The molecule has 0 N–H and O–H groups in total. The first-order valence-corrected chi connectivity index (χ1v) is 11.3. The molecule has 6 heteroatoms. The van der Waals surface area contributed by atoms with Crippen molar-refractivity contribution in [3.05, 3.63) is 78.5 Å². The highest BCUT2D eigenvalue weighted by Crippen LogP contribution is 2.37. The number of pyridine rings is 1. The van der Waals surface area contributed by atoms with Crippen LogP contribution >= 0.6 is 0 Å². The second kappa shape index (κ2) is 9.30. The molecule has 3 heterocycles. The molecule has 0 unspecified atom stereocenters. The molecule has 3 aromatic heterocycles. The highest BCUT2D eigenvalue weighted by Gasteiger charge is 2.23. The molecular weight excluding hydrogens is 398 g/mol. The van der Waals surface area contributed by atoms with E-state index in [0.29, 0.717) is 18.7 Å². The third-order valence-corrected chi connectivity index (χ3v) is 6.05. The Morgan fingerprint density at radius 1 is 0.969 bits per heavy atom. The fraction of sp³-hybridized carbons (Fsp3) is 0.308. The van der Waals surface area contributed by atoms with Crippen LogP contribution in [0.5, 0.6) is 6.01 Å². The highest BCUT2D eigenvalue weighted by molar-refractivity contribution is 5.77. The maximum Gasteiger partial charge on any atom is 0.317 e. The molecule has 1 aliphatic carbocycles. The number of benzene rings is 1. The lowest BCUT2D eigenvalue weighted by Gasteiger charge is -2.25. The quantitative estimate of drug-likeness (QED) is 0.391. The van der Waals surface area contributed by atoms with Crippen molar-refractivity contribution in [2.24, 2.45) is 0 Å². The van der Waals surface area contributed by atoms with Crippen molar-refractivity contribution in [3.8, 4) is 28.7 Å². The molecule has 0 spiro atoms. The molecule has 4 aromatic rings. The van der Waals surface area contributed by atoms with Crippen LogP contribution in [0.25, 0.3) is 22.6 Å². The smallest absolute Gasteiger partial charge is 0.317 e. The summed E-state index contributed by atoms with van der Waals surface area (Å²) in [6.07, 6.45) is 13.5. The van der Waals surface area contributed by atoms with Gasteiger partial charge in [0.25, 0.3) is 0 Å². The number of nitrogens with zero attached hydrogens (tertiary/aromatic N) is 5. The van der Waals surface area contributed by atoms with E-state index in [9.17, 15) is 0 Å². The van der Waals surface area contributed by atoms with Crippen LogP contribution in [0.4, 0.5) is 0 Å². The van der Waals surface area contributed by atoms with Gasteiger partial charge in [-0.15, -0.1) is 0 Å². The number of aryl methyl sites for hydroxylation is 1. The van der Waals surface area contributed by atoms with E-state index in [-0.39, 0.29) is 0 Å². The maximum absolute atomic E-state index is 5.89. The summed E-state index contributed by atoms with van der Waals surface area (Å²) in [6.45, 7) is 2.48. The van der Waals surface area contributed by atoms with Gasteiger partial charge < -0.3 is 9.30 Å². The summed E-state index contributed by atoms with van der Waals surface area (Å²) >= 11 is 0. The lowest BCUT2D eigenvalue weighted by atomic mass is 9.95. The van der Waals surface area contributed by atoms with Crippen molar-refractivity contribution in [1.29, 1.82) is 0 Å². The highest BCUT2D eigenvalue weighted by atomic mass is 16.5. The maximum atomic E-state index is 5.89. The van der Waals surface area contributed by atoms with Gasteiger partial charge in [-0.1, -0.05) is 55.2 Å². The van der Waals surface area contributed by atoms with Gasteiger partial charge in [0, 0.05) is 35.8 Å². The second-order valence-electron chi connectivity index (χ2n) is 8.38. The predicted molar refractivity (Wildman–Crippen MR) is 124 cm³/mol. The van der Waals surface area contributed by atoms with Crippen LogP contribution in [0.3, 0.4) is 0 Å². The molecule has 1 fully saturated rings. The molecule has 1 aromatic carbocycles. The van der Waals surface area contributed by atoms with E-state index >= 15 is 0 Å². The van der Waals surface area contributed by atoms with Crippen LogP contribution in [0.1, 0.15) is 49.3 Å². The minimum atomic E-state index is 0.359. The minimum Gasteiger partial charge on any atom is -0.459 e. The summed E-state index contributed by atoms with van der Waals surface area (Å²) in [5.74, 6) is 0. The van der Waals surface area contributed by atoms with Crippen molar-refractivity contribution in [2.45, 2.75) is 51.7 Å². The summed E-state index contributed by atoms with van der Waals surface area (Å²) in [5, 5.41) is 0. The van der Waals surface area contributed by atoms with Gasteiger partial charge in [-0.05, 0) is 31.9 Å². The van der Waals surface area contributed by atoms with Crippen molar-refractivity contribution in [2.75, 3.05) is 0 Å². The average molecular weight is 426 g/mol. The van der Waals surface area contributed by atoms with E-state index in [0.717, 1.165) is 28.2 Å². The SMILES string of the molecule is Cc1ccc(-c2ncn(C3CCCCC3)c2-c2ccnc(OCc3cccnc3)n2)cc1. The molecule has 0 saturated heterocycles. The first-order chi connectivity index (χ1) is 15.8. The van der Waals surface area contributed by atoms with E-state index in [1.807, 2.05) is 24.5 Å². The van der Waals surface area contributed by atoms with Gasteiger partial charge in [-0.25, -0.2) is 9.97 Å². The molecular formula is C26H27N5O. The van der Waals surface area contributed by atoms with E-state index in [1.165, 1.54) is 37.7 Å². The number of hydrogen-bond donors (Lipinski definition) is 0. The molecule has 5 rings (SSSR count). The fourth-order valence-corrected chi connectivity index (χ4v) is 4.35. The molecule has 32 heavy (non-hydrogen) atoms. The molecule has 0 bridgehead atoms. The van der Waals surface area contributed by atoms with Gasteiger partial charge in [-0.3, -0.25) is 4.98 Å². The first kappa shape index (κ1) is 20.4. The Balaban J connectivity index is 1.52. The lowest BCUT2D eigenvalue weighted by Crippen LogP contribution is -2.13. The van der Waals surface area contributed by atoms with Crippen LogP contribution in [-0.4, -0.2) is 24.5 Å². The lowest BCUT2D eigenvalue weighted by molar-refractivity contribution is 0.280. The molecule has 0 aliphatic heterocycles. The van der Waals surface area contributed by atoms with Crippen molar-refractivity contribution in [1.82, 2.24) is 24.5 Å². The number of rotatable bonds is 6. The largest absolute Gasteiger partial charge is 0.459 e. The first-order valence-electron chi connectivity index (χ1n) is 11.3. The number of imidazole rings is 1. The number of ether oxygens (including phenoxy) is 1. The Kier molecular flexibility index (Phi) is 5.92. The van der Waals surface area contributed by atoms with Gasteiger partial charge in [0.2, 0.25) is 0 Å². The average Bonchev–Trinajstić information content (AvgIpc) is 3.30. The van der Waals surface area contributed by atoms with Crippen LogP contribution in [-0.2, 0) is 6.61 Å². The van der Waals surface area contributed by atoms with E-state index in [2.05, 4.69) is 45.7 Å². The van der Waals surface area contributed by atoms with E-state index < -0.39 is 0 Å². The zero-order chi connectivity index (χ0) is 21.8. The molecule has 0 atom stereocenters. The normalized spacial score (nSPS) is 14.4. The predicted octanol–water partition coefficient (Wildman–Crippen LogP) is 5.79. The Labute approximate surface area is 188 Å². The van der Waals surface area contributed by atoms with Crippen molar-refractivity contribution in [3.63, 3.8) is 0 Å². The third kappa shape index (κ3) is 4.40. The topological polar surface area (TPSA) is 65.7 Å². The van der Waals surface area contributed by atoms with Gasteiger partial charge in [0.1, 0.15) is 6.61 Å². The van der Waals surface area contributed by atoms with Gasteiger partial charge in [-0.2, -0.15) is 4.98 Å². The van der Waals surface area contributed by atoms with Crippen molar-refractivity contribution < 1.29 is 4.74 Å². The Morgan fingerprint density at radius 3 is 2.59 bits per heavy atom. The van der Waals surface area contributed by atoms with Crippen molar-refractivity contribution >= 4 is 0 Å².